The lowest BCUT2D eigenvalue weighted by Gasteiger charge is -2.12. The number of hydrogen-bond acceptors (Lipinski definition) is 5. The van der Waals surface area contributed by atoms with Gasteiger partial charge >= 0.3 is 0 Å². The molecule has 0 fully saturated rings. The van der Waals surface area contributed by atoms with Gasteiger partial charge in [-0.05, 0) is 50.5 Å². The predicted octanol–water partition coefficient (Wildman–Crippen LogP) is 3.58. The first kappa shape index (κ1) is 20.5. The predicted molar refractivity (Wildman–Crippen MR) is 115 cm³/mol. The van der Waals surface area contributed by atoms with Crippen molar-refractivity contribution < 1.29 is 9.59 Å². The van der Waals surface area contributed by atoms with Crippen LogP contribution in [0.1, 0.15) is 39.2 Å². The molecule has 0 aliphatic rings. The second-order valence-electron chi connectivity index (χ2n) is 6.83. The number of benzene rings is 1. The van der Waals surface area contributed by atoms with Gasteiger partial charge in [0.1, 0.15) is 5.56 Å². The molecule has 0 aliphatic carbocycles. The number of anilines is 2. The first-order valence-electron chi connectivity index (χ1n) is 9.14. The summed E-state index contributed by atoms with van der Waals surface area (Å²) in [5.41, 5.74) is 4.34. The summed E-state index contributed by atoms with van der Waals surface area (Å²) in [6.45, 7) is 5.98. The van der Waals surface area contributed by atoms with Crippen LogP contribution in [0.2, 0.25) is 0 Å². The molecular weight excluding hydrogens is 388 g/mol. The van der Waals surface area contributed by atoms with Gasteiger partial charge in [-0.15, -0.1) is 11.3 Å². The third-order valence-corrected chi connectivity index (χ3v) is 5.19. The Morgan fingerprint density at radius 1 is 1.14 bits per heavy atom. The topological polar surface area (TPSA) is 104 Å². The number of nitrogens with zero attached hydrogens (tertiary/aromatic N) is 1. The number of aromatic amines is 1. The molecule has 7 nitrogen and oxygen atoms in total. The lowest BCUT2D eigenvalue weighted by Crippen LogP contribution is -2.22. The maximum Gasteiger partial charge on any atom is 0.263 e. The molecule has 1 aromatic carbocycles. The zero-order chi connectivity index (χ0) is 21.0. The highest BCUT2D eigenvalue weighted by molar-refractivity contribution is 7.14. The number of rotatable bonds is 6. The van der Waals surface area contributed by atoms with Crippen LogP contribution in [0, 0.1) is 20.8 Å². The summed E-state index contributed by atoms with van der Waals surface area (Å²) in [5.74, 6) is -0.606. The molecule has 0 atom stereocenters. The van der Waals surface area contributed by atoms with Crippen molar-refractivity contribution in [2.75, 3.05) is 10.6 Å². The summed E-state index contributed by atoms with van der Waals surface area (Å²) in [7, 11) is 0. The van der Waals surface area contributed by atoms with E-state index in [9.17, 15) is 14.4 Å². The third kappa shape index (κ3) is 5.17. The molecule has 2 heterocycles. The molecule has 8 heteroatoms. The normalized spacial score (nSPS) is 10.6. The Hall–Kier alpha value is -3.26. The van der Waals surface area contributed by atoms with E-state index >= 15 is 0 Å². The van der Waals surface area contributed by atoms with Crippen molar-refractivity contribution in [2.24, 2.45) is 0 Å². The van der Waals surface area contributed by atoms with Crippen molar-refractivity contribution in [3.05, 3.63) is 74.1 Å². The minimum atomic E-state index is -0.518. The zero-order valence-electron chi connectivity index (χ0n) is 16.5. The zero-order valence-corrected chi connectivity index (χ0v) is 17.3. The number of nitrogens with one attached hydrogen (secondary N) is 3. The number of aromatic nitrogens is 2. The van der Waals surface area contributed by atoms with Gasteiger partial charge in [0.15, 0.2) is 5.13 Å². The van der Waals surface area contributed by atoms with Gasteiger partial charge < -0.3 is 10.3 Å². The fraction of sp³-hybridized carbons (Fsp3) is 0.238. The monoisotopic (exact) mass is 410 g/mol. The number of aryl methyl sites for hydroxylation is 4. The smallest absolute Gasteiger partial charge is 0.263 e. The molecule has 0 bridgehead atoms. The molecule has 3 aromatic rings. The summed E-state index contributed by atoms with van der Waals surface area (Å²) < 4.78 is 0. The van der Waals surface area contributed by atoms with Gasteiger partial charge in [-0.3, -0.25) is 19.7 Å². The molecule has 0 radical (unpaired) electrons. The van der Waals surface area contributed by atoms with Gasteiger partial charge in [0, 0.05) is 23.7 Å². The molecular formula is C21H22N4O3S. The number of H-pyrrole nitrogens is 1. The van der Waals surface area contributed by atoms with E-state index < -0.39 is 11.5 Å². The Kier molecular flexibility index (Phi) is 6.23. The van der Waals surface area contributed by atoms with E-state index in [-0.39, 0.29) is 17.9 Å². The summed E-state index contributed by atoms with van der Waals surface area (Å²) in [6, 6.07) is 7.10. The van der Waals surface area contributed by atoms with E-state index in [1.54, 1.807) is 11.4 Å². The molecule has 2 amide bonds. The van der Waals surface area contributed by atoms with Crippen molar-refractivity contribution in [3.63, 3.8) is 0 Å². The number of carbonyl (C=O) groups excluding carboxylic acids is 2. The van der Waals surface area contributed by atoms with Crippen LogP contribution in [0.5, 0.6) is 0 Å². The average Bonchev–Trinajstić information content (AvgIpc) is 3.10. The van der Waals surface area contributed by atoms with Crippen LogP contribution >= 0.6 is 11.3 Å². The minimum absolute atomic E-state index is 0.0208. The molecule has 3 N–H and O–H groups in total. The second kappa shape index (κ2) is 8.83. The van der Waals surface area contributed by atoms with Crippen LogP contribution in [-0.2, 0) is 11.2 Å². The quantitative estimate of drug-likeness (QED) is 0.578. The maximum atomic E-state index is 12.3. The molecule has 2 aromatic heterocycles. The van der Waals surface area contributed by atoms with E-state index in [0.29, 0.717) is 17.2 Å². The van der Waals surface area contributed by atoms with Gasteiger partial charge in [-0.2, -0.15) is 0 Å². The van der Waals surface area contributed by atoms with Crippen LogP contribution in [0.3, 0.4) is 0 Å². The van der Waals surface area contributed by atoms with E-state index in [1.165, 1.54) is 23.6 Å². The van der Waals surface area contributed by atoms with Gasteiger partial charge in [-0.25, -0.2) is 4.98 Å². The minimum Gasteiger partial charge on any atom is -0.328 e. The van der Waals surface area contributed by atoms with Crippen LogP contribution in [-0.4, -0.2) is 21.8 Å². The highest BCUT2D eigenvalue weighted by Crippen LogP contribution is 2.22. The average molecular weight is 410 g/mol. The van der Waals surface area contributed by atoms with Crippen molar-refractivity contribution in [3.8, 4) is 0 Å². The number of hydrogen-bond donors (Lipinski definition) is 3. The van der Waals surface area contributed by atoms with E-state index in [1.807, 2.05) is 32.9 Å². The molecule has 3 rings (SSSR count). The summed E-state index contributed by atoms with van der Waals surface area (Å²) in [4.78, 5) is 43.0. The Balaban J connectivity index is 1.57. The van der Waals surface area contributed by atoms with E-state index in [4.69, 9.17) is 0 Å². The molecule has 29 heavy (non-hydrogen) atoms. The van der Waals surface area contributed by atoms with Gasteiger partial charge in [0.25, 0.3) is 11.5 Å². The largest absolute Gasteiger partial charge is 0.328 e. The Labute approximate surface area is 172 Å². The standard InChI is InChI=1S/C21H22N4O3S/c1-12-9-13(2)18(14(3)10-12)24-17(26)7-6-15-11-29-21(23-15)25-20(28)16-5-4-8-22-19(16)27/h4-5,8-11H,6-7H2,1-3H3,(H,22,27)(H,24,26)(H,23,25,28). The molecule has 0 saturated carbocycles. The first-order valence-corrected chi connectivity index (χ1v) is 10.0. The highest BCUT2D eigenvalue weighted by atomic mass is 32.1. The van der Waals surface area contributed by atoms with Crippen LogP contribution < -0.4 is 16.2 Å². The number of thiazole rings is 1. The lowest BCUT2D eigenvalue weighted by molar-refractivity contribution is -0.116. The second-order valence-corrected chi connectivity index (χ2v) is 7.69. The van der Waals surface area contributed by atoms with Gasteiger partial charge in [0.05, 0.1) is 5.69 Å². The Morgan fingerprint density at radius 2 is 1.86 bits per heavy atom. The Bertz CT molecular complexity index is 1090. The van der Waals surface area contributed by atoms with Crippen molar-refractivity contribution >= 4 is 34.0 Å². The summed E-state index contributed by atoms with van der Waals surface area (Å²) in [5, 5.41) is 7.77. The van der Waals surface area contributed by atoms with E-state index in [2.05, 4.69) is 20.6 Å². The molecule has 0 unspecified atom stereocenters. The van der Waals surface area contributed by atoms with Gasteiger partial charge in [0.2, 0.25) is 5.91 Å². The molecule has 0 saturated heterocycles. The van der Waals surface area contributed by atoms with E-state index in [0.717, 1.165) is 22.4 Å². The van der Waals surface area contributed by atoms with Crippen LogP contribution in [0.15, 0.2) is 40.6 Å². The SMILES string of the molecule is Cc1cc(C)c(NC(=O)CCc2csc(NC(=O)c3ccc[nH]c3=O)n2)c(C)c1. The molecule has 0 spiro atoms. The Morgan fingerprint density at radius 3 is 2.55 bits per heavy atom. The first-order chi connectivity index (χ1) is 13.8. The summed E-state index contributed by atoms with van der Waals surface area (Å²) >= 11 is 1.25. The number of amides is 2. The molecule has 150 valence electrons. The highest BCUT2D eigenvalue weighted by Gasteiger charge is 2.13. The van der Waals surface area contributed by atoms with Gasteiger partial charge in [-0.1, -0.05) is 17.7 Å². The molecule has 0 aliphatic heterocycles. The van der Waals surface area contributed by atoms with Crippen molar-refractivity contribution in [1.29, 1.82) is 0 Å². The summed E-state index contributed by atoms with van der Waals surface area (Å²) in [6.07, 6.45) is 2.20. The third-order valence-electron chi connectivity index (χ3n) is 4.38. The van der Waals surface area contributed by atoms with Crippen molar-refractivity contribution in [2.45, 2.75) is 33.6 Å². The fourth-order valence-corrected chi connectivity index (χ4v) is 3.80. The lowest BCUT2D eigenvalue weighted by atomic mass is 10.0. The maximum absolute atomic E-state index is 12.3. The number of carbonyl (C=O) groups is 2. The number of pyridine rings is 1. The van der Waals surface area contributed by atoms with Crippen LogP contribution in [0.4, 0.5) is 10.8 Å². The fourth-order valence-electron chi connectivity index (χ4n) is 3.06. The van der Waals surface area contributed by atoms with Crippen LogP contribution in [0.25, 0.3) is 0 Å². The van der Waals surface area contributed by atoms with Crippen molar-refractivity contribution in [1.82, 2.24) is 9.97 Å².